The molecule has 6 heteroatoms. The van der Waals surface area contributed by atoms with Crippen LogP contribution in [0.25, 0.3) is 0 Å². The Labute approximate surface area is 117 Å². The van der Waals surface area contributed by atoms with Gasteiger partial charge in [0.2, 0.25) is 0 Å². The highest BCUT2D eigenvalue weighted by Crippen LogP contribution is 2.33. The first kappa shape index (κ1) is 14.6. The lowest BCUT2D eigenvalue weighted by Crippen LogP contribution is -2.59. The Bertz CT molecular complexity index is 555. The minimum Gasteiger partial charge on any atom is -0.494 e. The van der Waals surface area contributed by atoms with Crippen molar-refractivity contribution in [2.45, 2.75) is 38.1 Å². The predicted octanol–water partition coefficient (Wildman–Crippen LogP) is 0.718. The molecule has 1 aromatic heterocycles. The van der Waals surface area contributed by atoms with Crippen LogP contribution in [0.2, 0.25) is 0 Å². The fourth-order valence-corrected chi connectivity index (χ4v) is 2.91. The van der Waals surface area contributed by atoms with Gasteiger partial charge in [-0.15, -0.1) is 0 Å². The van der Waals surface area contributed by atoms with Crippen LogP contribution in [0.1, 0.15) is 43.0 Å². The predicted molar refractivity (Wildman–Crippen MR) is 75.6 cm³/mol. The largest absolute Gasteiger partial charge is 0.494 e. The molecule has 1 aromatic rings. The summed E-state index contributed by atoms with van der Waals surface area (Å²) in [5, 5.41) is 12.3. The standard InChI is InChI=1S/C14H21N3O3/c1-9-4-2-3-5-14(9,8-15)17-13(20)10-6-11(18)16-12(19)7-10/h6-7,9H,2-5,8,15H2,1H3,(H,17,20)(H2,16,18,19). The monoisotopic (exact) mass is 279 g/mol. The van der Waals surface area contributed by atoms with Gasteiger partial charge in [0.25, 0.3) is 11.5 Å². The number of hydrogen-bond donors (Lipinski definition) is 4. The highest BCUT2D eigenvalue weighted by Gasteiger charge is 2.38. The summed E-state index contributed by atoms with van der Waals surface area (Å²) < 4.78 is 0. The molecule has 2 atom stereocenters. The third-order valence-electron chi connectivity index (χ3n) is 4.27. The van der Waals surface area contributed by atoms with E-state index >= 15 is 0 Å². The van der Waals surface area contributed by atoms with E-state index in [9.17, 15) is 14.7 Å². The Morgan fingerprint density at radius 2 is 2.30 bits per heavy atom. The van der Waals surface area contributed by atoms with Gasteiger partial charge in [-0.3, -0.25) is 14.6 Å². The fraction of sp³-hybridized carbons (Fsp3) is 0.571. The zero-order chi connectivity index (χ0) is 14.8. The van der Waals surface area contributed by atoms with Crippen LogP contribution in [0.4, 0.5) is 0 Å². The summed E-state index contributed by atoms with van der Waals surface area (Å²) in [7, 11) is 0. The van der Waals surface area contributed by atoms with Gasteiger partial charge in [-0.25, -0.2) is 0 Å². The summed E-state index contributed by atoms with van der Waals surface area (Å²) in [4.78, 5) is 25.8. The first-order valence-electron chi connectivity index (χ1n) is 6.93. The van der Waals surface area contributed by atoms with Crippen LogP contribution < -0.4 is 16.6 Å². The average molecular weight is 279 g/mol. The van der Waals surface area contributed by atoms with Crippen LogP contribution >= 0.6 is 0 Å². The Kier molecular flexibility index (Phi) is 4.13. The van der Waals surface area contributed by atoms with E-state index in [2.05, 4.69) is 17.2 Å². The van der Waals surface area contributed by atoms with Gasteiger partial charge in [0.15, 0.2) is 5.88 Å². The first-order chi connectivity index (χ1) is 9.47. The Morgan fingerprint density at radius 3 is 2.90 bits per heavy atom. The lowest BCUT2D eigenvalue weighted by Gasteiger charge is -2.42. The van der Waals surface area contributed by atoms with E-state index in [-0.39, 0.29) is 17.4 Å². The van der Waals surface area contributed by atoms with Crippen molar-refractivity contribution in [2.75, 3.05) is 6.54 Å². The number of rotatable bonds is 3. The van der Waals surface area contributed by atoms with E-state index in [0.29, 0.717) is 12.5 Å². The maximum absolute atomic E-state index is 12.3. The summed E-state index contributed by atoms with van der Waals surface area (Å²) in [5.41, 5.74) is 5.10. The molecule has 0 aromatic carbocycles. The zero-order valence-corrected chi connectivity index (χ0v) is 11.6. The number of pyridine rings is 1. The van der Waals surface area contributed by atoms with E-state index in [4.69, 9.17) is 5.73 Å². The van der Waals surface area contributed by atoms with Gasteiger partial charge in [-0.05, 0) is 18.8 Å². The minimum absolute atomic E-state index is 0.150. The molecule has 2 unspecified atom stereocenters. The quantitative estimate of drug-likeness (QED) is 0.653. The van der Waals surface area contributed by atoms with Crippen molar-refractivity contribution in [1.82, 2.24) is 10.3 Å². The summed E-state index contributed by atoms with van der Waals surface area (Å²) in [6, 6.07) is 2.42. The fourth-order valence-electron chi connectivity index (χ4n) is 2.91. The SMILES string of the molecule is CC1CCCCC1(CN)NC(=O)c1cc(O)[nH]c(=O)c1. The van der Waals surface area contributed by atoms with Crippen molar-refractivity contribution in [3.8, 4) is 5.88 Å². The van der Waals surface area contributed by atoms with Crippen molar-refractivity contribution >= 4 is 5.91 Å². The molecule has 20 heavy (non-hydrogen) atoms. The maximum Gasteiger partial charge on any atom is 0.252 e. The highest BCUT2D eigenvalue weighted by molar-refractivity contribution is 5.94. The van der Waals surface area contributed by atoms with Gasteiger partial charge in [-0.1, -0.05) is 19.8 Å². The molecule has 1 fully saturated rings. The van der Waals surface area contributed by atoms with Gasteiger partial charge < -0.3 is 16.2 Å². The van der Waals surface area contributed by atoms with Gasteiger partial charge in [-0.2, -0.15) is 0 Å². The number of amides is 1. The Hall–Kier alpha value is -1.82. The number of carbonyl (C=O) groups is 1. The Balaban J connectivity index is 2.22. The summed E-state index contributed by atoms with van der Waals surface area (Å²) in [5.74, 6) is -0.396. The van der Waals surface area contributed by atoms with Crippen molar-refractivity contribution in [3.63, 3.8) is 0 Å². The zero-order valence-electron chi connectivity index (χ0n) is 11.6. The number of H-pyrrole nitrogens is 1. The topological polar surface area (TPSA) is 108 Å². The number of aromatic hydroxyl groups is 1. The van der Waals surface area contributed by atoms with Crippen molar-refractivity contribution < 1.29 is 9.90 Å². The van der Waals surface area contributed by atoms with Crippen LogP contribution in [0.5, 0.6) is 5.88 Å². The second-order valence-electron chi connectivity index (χ2n) is 5.58. The van der Waals surface area contributed by atoms with E-state index in [0.717, 1.165) is 25.7 Å². The number of nitrogens with two attached hydrogens (primary N) is 1. The number of hydrogen-bond acceptors (Lipinski definition) is 4. The van der Waals surface area contributed by atoms with E-state index in [1.54, 1.807) is 0 Å². The van der Waals surface area contributed by atoms with Crippen LogP contribution in [0.15, 0.2) is 16.9 Å². The molecule has 0 saturated heterocycles. The number of carbonyl (C=O) groups excluding carboxylic acids is 1. The molecule has 0 radical (unpaired) electrons. The lowest BCUT2D eigenvalue weighted by atomic mass is 9.73. The molecule has 0 bridgehead atoms. The molecular weight excluding hydrogens is 258 g/mol. The molecule has 0 aliphatic heterocycles. The lowest BCUT2D eigenvalue weighted by molar-refractivity contribution is 0.0812. The molecule has 0 spiro atoms. The first-order valence-corrected chi connectivity index (χ1v) is 6.93. The highest BCUT2D eigenvalue weighted by atomic mass is 16.3. The average Bonchev–Trinajstić information content (AvgIpc) is 2.40. The minimum atomic E-state index is -0.506. The summed E-state index contributed by atoms with van der Waals surface area (Å²) in [6.07, 6.45) is 4.04. The normalized spacial score (nSPS) is 26.2. The third kappa shape index (κ3) is 2.85. The van der Waals surface area contributed by atoms with Crippen molar-refractivity contribution in [3.05, 3.63) is 28.0 Å². The molecule has 2 rings (SSSR count). The van der Waals surface area contributed by atoms with Crippen LogP contribution in [0.3, 0.4) is 0 Å². The number of aromatic nitrogens is 1. The second kappa shape index (κ2) is 5.66. The van der Waals surface area contributed by atoms with Crippen LogP contribution in [0, 0.1) is 5.92 Å². The van der Waals surface area contributed by atoms with E-state index < -0.39 is 11.1 Å². The van der Waals surface area contributed by atoms with E-state index in [1.165, 1.54) is 12.1 Å². The molecule has 110 valence electrons. The van der Waals surface area contributed by atoms with Crippen LogP contribution in [-0.2, 0) is 0 Å². The van der Waals surface area contributed by atoms with Gasteiger partial charge in [0, 0.05) is 18.7 Å². The smallest absolute Gasteiger partial charge is 0.252 e. The molecular formula is C14H21N3O3. The summed E-state index contributed by atoms with van der Waals surface area (Å²) in [6.45, 7) is 2.46. The molecule has 6 nitrogen and oxygen atoms in total. The van der Waals surface area contributed by atoms with Crippen LogP contribution in [-0.4, -0.2) is 28.1 Å². The maximum atomic E-state index is 12.3. The molecule has 5 N–H and O–H groups in total. The third-order valence-corrected chi connectivity index (χ3v) is 4.27. The summed E-state index contributed by atoms with van der Waals surface area (Å²) >= 11 is 0. The Morgan fingerprint density at radius 1 is 1.55 bits per heavy atom. The number of aromatic amines is 1. The molecule has 1 heterocycles. The van der Waals surface area contributed by atoms with Crippen molar-refractivity contribution in [1.29, 1.82) is 0 Å². The second-order valence-corrected chi connectivity index (χ2v) is 5.58. The molecule has 1 amide bonds. The molecule has 1 aliphatic carbocycles. The molecule has 1 aliphatic rings. The van der Waals surface area contributed by atoms with E-state index in [1.807, 2.05) is 0 Å². The molecule has 1 saturated carbocycles. The van der Waals surface area contributed by atoms with Gasteiger partial charge in [0.05, 0.1) is 11.1 Å². The van der Waals surface area contributed by atoms with Gasteiger partial charge in [0.1, 0.15) is 0 Å². The van der Waals surface area contributed by atoms with Gasteiger partial charge >= 0.3 is 0 Å². The van der Waals surface area contributed by atoms with Crippen molar-refractivity contribution in [2.24, 2.45) is 11.7 Å². The number of nitrogens with one attached hydrogen (secondary N) is 2.